The van der Waals surface area contributed by atoms with E-state index in [9.17, 15) is 4.79 Å². The number of piperidine rings is 1. The summed E-state index contributed by atoms with van der Waals surface area (Å²) in [5.74, 6) is 2.35. The zero-order valence-electron chi connectivity index (χ0n) is 13.3. The number of hydrogen-bond acceptors (Lipinski definition) is 2. The molecule has 1 fully saturated rings. The van der Waals surface area contributed by atoms with E-state index in [2.05, 4.69) is 19.2 Å². The van der Waals surface area contributed by atoms with Gasteiger partial charge in [-0.05, 0) is 37.6 Å². The quantitative estimate of drug-likeness (QED) is 0.865. The monoisotopic (exact) mass is 291 g/mol. The van der Waals surface area contributed by atoms with Crippen molar-refractivity contribution in [3.05, 3.63) is 24.3 Å². The second-order valence-electron chi connectivity index (χ2n) is 6.29. The molecule has 1 aliphatic heterocycles. The molecule has 21 heavy (non-hydrogen) atoms. The fourth-order valence-corrected chi connectivity index (χ4v) is 3.30. The lowest BCUT2D eigenvalue weighted by molar-refractivity contribution is -0.904. The third-order valence-corrected chi connectivity index (χ3v) is 3.94. The number of hydrogen-bond donors (Lipinski definition) is 2. The summed E-state index contributed by atoms with van der Waals surface area (Å²) in [5, 5.41) is 2.97. The van der Waals surface area contributed by atoms with Gasteiger partial charge in [-0.1, -0.05) is 13.8 Å². The first kappa shape index (κ1) is 15.8. The van der Waals surface area contributed by atoms with Crippen molar-refractivity contribution in [3.63, 3.8) is 0 Å². The first-order valence-electron chi connectivity index (χ1n) is 7.93. The van der Waals surface area contributed by atoms with Crippen LogP contribution >= 0.6 is 0 Å². The Morgan fingerprint density at radius 1 is 1.24 bits per heavy atom. The first-order valence-corrected chi connectivity index (χ1v) is 7.93. The maximum Gasteiger partial charge on any atom is 0.279 e. The third-order valence-electron chi connectivity index (χ3n) is 3.94. The summed E-state index contributed by atoms with van der Waals surface area (Å²) < 4.78 is 5.39. The predicted octanol–water partition coefficient (Wildman–Crippen LogP) is 1.58. The lowest BCUT2D eigenvalue weighted by Crippen LogP contribution is -3.15. The van der Waals surface area contributed by atoms with E-state index in [-0.39, 0.29) is 5.91 Å². The van der Waals surface area contributed by atoms with Gasteiger partial charge in [-0.3, -0.25) is 4.79 Å². The predicted molar refractivity (Wildman–Crippen MR) is 84.7 cm³/mol. The van der Waals surface area contributed by atoms with Gasteiger partial charge in [-0.25, -0.2) is 0 Å². The molecular formula is C17H27N2O2+. The van der Waals surface area contributed by atoms with Gasteiger partial charge in [0.2, 0.25) is 0 Å². The molecule has 0 radical (unpaired) electrons. The highest BCUT2D eigenvalue weighted by molar-refractivity contribution is 5.91. The SMILES string of the molecule is CCOc1ccc(NC(=O)C[NH+]2C[C@H](C)C[C@@H](C)C2)cc1. The minimum Gasteiger partial charge on any atom is -0.494 e. The van der Waals surface area contributed by atoms with Crippen LogP contribution < -0.4 is 15.0 Å². The van der Waals surface area contributed by atoms with Crippen LogP contribution in [0.4, 0.5) is 5.69 Å². The van der Waals surface area contributed by atoms with Gasteiger partial charge in [0.1, 0.15) is 5.75 Å². The normalized spacial score (nSPS) is 25.4. The molecule has 116 valence electrons. The van der Waals surface area contributed by atoms with Crippen LogP contribution in [0.5, 0.6) is 5.75 Å². The molecule has 1 saturated heterocycles. The zero-order chi connectivity index (χ0) is 15.2. The molecule has 2 atom stereocenters. The summed E-state index contributed by atoms with van der Waals surface area (Å²) in [6.45, 7) is 9.92. The standard InChI is InChI=1S/C17H26N2O2/c1-4-21-16-7-5-15(6-8-16)18-17(20)12-19-10-13(2)9-14(3)11-19/h5-8,13-14H,4,9-12H2,1-3H3,(H,18,20)/p+1/t13-,14-/m1/s1. The number of likely N-dealkylation sites (tertiary alicyclic amines) is 1. The van der Waals surface area contributed by atoms with Crippen molar-refractivity contribution in [1.82, 2.24) is 0 Å². The van der Waals surface area contributed by atoms with E-state index in [4.69, 9.17) is 4.74 Å². The lowest BCUT2D eigenvalue weighted by Gasteiger charge is -2.31. The molecule has 1 aliphatic rings. The maximum atomic E-state index is 12.1. The minimum atomic E-state index is 0.0930. The fourth-order valence-electron chi connectivity index (χ4n) is 3.30. The molecule has 0 spiro atoms. The molecule has 0 aromatic heterocycles. The number of nitrogens with one attached hydrogen (secondary N) is 2. The molecule has 1 heterocycles. The number of rotatable bonds is 5. The van der Waals surface area contributed by atoms with Gasteiger partial charge in [-0.15, -0.1) is 0 Å². The number of ether oxygens (including phenoxy) is 1. The van der Waals surface area contributed by atoms with E-state index in [1.54, 1.807) is 0 Å². The highest BCUT2D eigenvalue weighted by Crippen LogP contribution is 2.15. The van der Waals surface area contributed by atoms with E-state index in [1.807, 2.05) is 31.2 Å². The van der Waals surface area contributed by atoms with E-state index in [0.717, 1.165) is 24.5 Å². The van der Waals surface area contributed by atoms with Crippen LogP contribution in [-0.4, -0.2) is 32.1 Å². The van der Waals surface area contributed by atoms with Gasteiger partial charge in [0, 0.05) is 17.5 Å². The Morgan fingerprint density at radius 3 is 2.43 bits per heavy atom. The topological polar surface area (TPSA) is 42.8 Å². The molecule has 0 saturated carbocycles. The van der Waals surface area contributed by atoms with Crippen molar-refractivity contribution in [2.75, 3.05) is 31.6 Å². The number of benzene rings is 1. The van der Waals surface area contributed by atoms with E-state index in [1.165, 1.54) is 11.3 Å². The summed E-state index contributed by atoms with van der Waals surface area (Å²) in [4.78, 5) is 13.5. The first-order chi connectivity index (χ1) is 10.1. The van der Waals surface area contributed by atoms with Gasteiger partial charge in [0.05, 0.1) is 19.7 Å². The summed E-state index contributed by atoms with van der Waals surface area (Å²) >= 11 is 0. The van der Waals surface area contributed by atoms with E-state index in [0.29, 0.717) is 25.0 Å². The number of carbonyl (C=O) groups excluding carboxylic acids is 1. The second kappa shape index (κ2) is 7.46. The lowest BCUT2D eigenvalue weighted by atomic mass is 9.92. The summed E-state index contributed by atoms with van der Waals surface area (Å²) in [5.41, 5.74) is 0.834. The minimum absolute atomic E-state index is 0.0930. The van der Waals surface area contributed by atoms with Crippen molar-refractivity contribution in [2.45, 2.75) is 27.2 Å². The van der Waals surface area contributed by atoms with Gasteiger partial charge in [-0.2, -0.15) is 0 Å². The third kappa shape index (κ3) is 5.05. The van der Waals surface area contributed by atoms with Gasteiger partial charge < -0.3 is 15.0 Å². The van der Waals surface area contributed by atoms with E-state index >= 15 is 0 Å². The molecule has 0 unspecified atom stereocenters. The molecule has 1 aromatic carbocycles. The summed E-state index contributed by atoms with van der Waals surface area (Å²) in [6.07, 6.45) is 1.28. The number of quaternary nitrogens is 1. The van der Waals surface area contributed by atoms with E-state index < -0.39 is 0 Å². The molecule has 4 heteroatoms. The molecule has 2 N–H and O–H groups in total. The highest BCUT2D eigenvalue weighted by Gasteiger charge is 2.26. The number of carbonyl (C=O) groups is 1. The number of amides is 1. The fraction of sp³-hybridized carbons (Fsp3) is 0.588. The molecule has 4 nitrogen and oxygen atoms in total. The maximum absolute atomic E-state index is 12.1. The average molecular weight is 291 g/mol. The number of anilines is 1. The Labute approximate surface area is 127 Å². The van der Waals surface area contributed by atoms with Crippen molar-refractivity contribution in [3.8, 4) is 5.75 Å². The average Bonchev–Trinajstić information content (AvgIpc) is 2.40. The van der Waals surface area contributed by atoms with Crippen molar-refractivity contribution < 1.29 is 14.4 Å². The smallest absolute Gasteiger partial charge is 0.279 e. The van der Waals surface area contributed by atoms with Crippen LogP contribution in [0.2, 0.25) is 0 Å². The van der Waals surface area contributed by atoms with Gasteiger partial charge >= 0.3 is 0 Å². The highest BCUT2D eigenvalue weighted by atomic mass is 16.5. The molecule has 1 aromatic rings. The van der Waals surface area contributed by atoms with Crippen LogP contribution in [0.15, 0.2) is 24.3 Å². The van der Waals surface area contributed by atoms with Gasteiger partial charge in [0.15, 0.2) is 6.54 Å². The van der Waals surface area contributed by atoms with Crippen LogP contribution in [0, 0.1) is 11.8 Å². The second-order valence-corrected chi connectivity index (χ2v) is 6.29. The Kier molecular flexibility index (Phi) is 5.62. The van der Waals surface area contributed by atoms with Crippen LogP contribution in [0.25, 0.3) is 0 Å². The molecule has 0 aliphatic carbocycles. The van der Waals surface area contributed by atoms with Crippen molar-refractivity contribution in [2.24, 2.45) is 11.8 Å². The zero-order valence-corrected chi connectivity index (χ0v) is 13.3. The molecule has 1 amide bonds. The van der Waals surface area contributed by atoms with Crippen LogP contribution in [0.1, 0.15) is 27.2 Å². The Morgan fingerprint density at radius 2 is 1.86 bits per heavy atom. The van der Waals surface area contributed by atoms with Gasteiger partial charge in [0.25, 0.3) is 5.91 Å². The Bertz CT molecular complexity index is 448. The van der Waals surface area contributed by atoms with Crippen LogP contribution in [-0.2, 0) is 4.79 Å². The molecule has 0 bridgehead atoms. The molecule has 2 rings (SSSR count). The van der Waals surface area contributed by atoms with Crippen molar-refractivity contribution >= 4 is 11.6 Å². The molecular weight excluding hydrogens is 264 g/mol. The Balaban J connectivity index is 1.83. The summed E-state index contributed by atoms with van der Waals surface area (Å²) in [7, 11) is 0. The summed E-state index contributed by atoms with van der Waals surface area (Å²) in [6, 6.07) is 7.55. The van der Waals surface area contributed by atoms with Crippen molar-refractivity contribution in [1.29, 1.82) is 0 Å². The largest absolute Gasteiger partial charge is 0.494 e. The van der Waals surface area contributed by atoms with Crippen LogP contribution in [0.3, 0.4) is 0 Å². The Hall–Kier alpha value is -1.55.